The number of phenolic OH excluding ortho intramolecular Hbond substituents is 4. The normalized spacial score (nSPS) is 13.8. The first-order valence-corrected chi connectivity index (χ1v) is 77.3. The molecule has 0 aliphatic heterocycles. The van der Waals surface area contributed by atoms with E-state index in [-0.39, 0.29) is 95.3 Å². The van der Waals surface area contributed by atoms with Gasteiger partial charge in [0.1, 0.15) is 23.0 Å². The van der Waals surface area contributed by atoms with Crippen molar-refractivity contribution in [2.75, 3.05) is 0 Å². The number of unbranched alkanes of at least 4 members (excludes halogenated alkanes) is 8. The maximum absolute atomic E-state index is 11.7. The van der Waals surface area contributed by atoms with Crippen molar-refractivity contribution in [2.24, 2.45) is 20.0 Å². The van der Waals surface area contributed by atoms with E-state index in [9.17, 15) is 20.4 Å². The number of rotatable bonds is 34. The maximum atomic E-state index is 11.7. The summed E-state index contributed by atoms with van der Waals surface area (Å²) < 4.78 is 0. The van der Waals surface area contributed by atoms with Gasteiger partial charge in [-0.05, 0) is 306 Å². The molecule has 4 aliphatic rings. The van der Waals surface area contributed by atoms with Crippen LogP contribution in [0.1, 0.15) is 317 Å². The van der Waals surface area contributed by atoms with Crippen molar-refractivity contribution in [3.8, 4) is 89.8 Å². The van der Waals surface area contributed by atoms with Crippen molar-refractivity contribution < 1.29 is 92.8 Å². The van der Waals surface area contributed by atoms with Gasteiger partial charge in [0.2, 0.25) is 0 Å². The van der Waals surface area contributed by atoms with Crippen molar-refractivity contribution in [1.29, 1.82) is 0 Å². The summed E-state index contributed by atoms with van der Waals surface area (Å²) in [4.78, 5) is 29.5. The van der Waals surface area contributed by atoms with Gasteiger partial charge in [0, 0.05) is 95.8 Å². The van der Waals surface area contributed by atoms with E-state index in [0.717, 1.165) is 194 Å². The third kappa shape index (κ3) is 26.5. The van der Waals surface area contributed by atoms with Crippen LogP contribution in [0.15, 0.2) is 226 Å². The van der Waals surface area contributed by atoms with Gasteiger partial charge in [-0.25, -0.2) is 0 Å². The minimum absolute atomic E-state index is 0. The first-order valence-electron chi connectivity index (χ1n) is 50.1. The van der Waals surface area contributed by atoms with Crippen molar-refractivity contribution in [3.63, 3.8) is 0 Å². The second-order valence-electron chi connectivity index (χ2n) is 37.9. The minimum atomic E-state index is -3.06. The van der Waals surface area contributed by atoms with Gasteiger partial charge in [0.15, 0.2) is 0 Å². The van der Waals surface area contributed by atoms with Crippen LogP contribution in [0.5, 0.6) is 23.0 Å². The standard InChI is InChI=1S/2C59H66N2O2.C2H4O2.4ClH.2K.Na.2Pt/c2*1-8-12-26-58(27-13-9-2)49-22-18-16-20-45(49)47-35-55(62)43(32-51(47)58)37-60-53-25-24-42(57-40(6)30-39(5)31-41(57)7)34-54(53)61-38-44-33-52-48(36-56(44)63)46-21-17-19-23-50(46)59(52,28-14-10-3)29-15-11-4;1-2(3)4;;;;;;;;;/h2*16-25,30-38,62-63H,8-15,26-29H2,1-7H3;1H3,(H,3,4);4*1H;;;;;/q;;;;;;;;;+1;;+4/p-5. The number of aliphatic imine (C=N–C) groups is 4. The van der Waals surface area contributed by atoms with Crippen LogP contribution >= 0.6 is 37.7 Å². The SMILES string of the molecule is CC(=O)[O-].CCCCC1(CCCC)c2ccccc2-c2cc(O)c(C=Nc3ccc(-c4c(C)cc(C)cc4C)cc3N=Cc3cc4c(cc3O)-c3ccccc3C4(CCCC)CCCC)cc21.CCCCC1(CCCC)c2ccccc2-c2cc(O)c(C=Nc3ccc(-c4c(C)cc(C)cc4C)cc3N=Cc3cc4c(cc3O)-c3ccccc3C4(CCCC)CCCC)cc21.[Cl][Pt]([Cl])([Cl])[Cl].[K][K].[Na+].[Pt]. The molecule has 0 amide bonds. The number of hydrogen-bond acceptors (Lipinski definition) is 10. The maximum Gasteiger partial charge on any atom is 1.00 e. The Balaban J connectivity index is 0.000000256. The Morgan fingerprint density at radius 2 is 0.511 bits per heavy atom. The molecule has 16 rings (SSSR count). The van der Waals surface area contributed by atoms with E-state index in [4.69, 9.17) is 67.5 Å². The first-order chi connectivity index (χ1) is 65.9. The number of aromatic hydroxyl groups is 4. The predicted octanol–water partition coefficient (Wildman–Crippen LogP) is 30.7. The van der Waals surface area contributed by atoms with Crippen LogP contribution in [0, 0.1) is 41.5 Å². The predicted molar refractivity (Wildman–Crippen MR) is 580 cm³/mol. The van der Waals surface area contributed by atoms with Crippen molar-refractivity contribution >= 4 is 154 Å². The molecule has 0 heterocycles. The molecule has 12 aromatic rings. The Morgan fingerprint density at radius 1 is 0.317 bits per heavy atom. The monoisotopic (exact) mass is 2360 g/mol. The van der Waals surface area contributed by atoms with Crippen LogP contribution in [-0.2, 0) is 59.4 Å². The van der Waals surface area contributed by atoms with E-state index >= 15 is 0 Å². The number of aryl methyl sites for hydroxylation is 6. The van der Waals surface area contributed by atoms with Crippen molar-refractivity contribution in [2.45, 2.75) is 280 Å². The Hall–Kier alpha value is -5.20. The van der Waals surface area contributed by atoms with Crippen LogP contribution in [0.25, 0.3) is 66.8 Å². The van der Waals surface area contributed by atoms with Gasteiger partial charge in [-0.3, -0.25) is 20.0 Å². The van der Waals surface area contributed by atoms with Gasteiger partial charge < -0.3 is 30.3 Å². The smallest absolute Gasteiger partial charge is 0 e. The zero-order valence-corrected chi connectivity index (χ0v) is 101. The fourth-order valence-electron chi connectivity index (χ4n) is 22.5. The van der Waals surface area contributed by atoms with Gasteiger partial charge in [-0.1, -0.05) is 303 Å². The van der Waals surface area contributed by atoms with Crippen molar-refractivity contribution in [1.82, 2.24) is 0 Å². The van der Waals surface area contributed by atoms with E-state index in [1.807, 2.05) is 61.3 Å². The molecule has 4 aliphatic carbocycles. The Labute approximate surface area is 929 Å². The first kappa shape index (κ1) is 116. The summed E-state index contributed by atoms with van der Waals surface area (Å²) in [5.74, 6) is -0.195. The van der Waals surface area contributed by atoms with Crippen LogP contribution in [0.2, 0.25) is 0 Å². The van der Waals surface area contributed by atoms with E-state index in [2.05, 4.69) is 267 Å². The zero-order valence-electron chi connectivity index (χ0n) is 84.9. The van der Waals surface area contributed by atoms with E-state index < -0.39 is 17.9 Å². The average molecular weight is 2360 g/mol. The number of fused-ring (bicyclic) bond motifs is 12. The molecule has 0 spiro atoms. The van der Waals surface area contributed by atoms with Gasteiger partial charge in [-0.15, -0.1) is 0 Å². The zero-order chi connectivity index (χ0) is 98.7. The number of carbonyl (C=O) groups is 1. The molecule has 0 fully saturated rings. The van der Waals surface area contributed by atoms with Gasteiger partial charge in [0.05, 0.1) is 22.7 Å². The van der Waals surface area contributed by atoms with Crippen LogP contribution in [-0.4, -0.2) is 114 Å². The number of hydrogen-bond donors (Lipinski definition) is 4. The summed E-state index contributed by atoms with van der Waals surface area (Å²) in [7, 11) is 20.0. The molecule has 0 saturated carbocycles. The number of benzene rings is 12. The number of carboxylic acids is 1. The molecular formula is C120H135Cl4K2N4NaO6Pt2. The van der Waals surface area contributed by atoms with Crippen molar-refractivity contribution in [3.05, 3.63) is 306 Å². The Morgan fingerprint density at radius 3 is 0.712 bits per heavy atom. The largest absolute Gasteiger partial charge is 1.00 e. The third-order valence-electron chi connectivity index (χ3n) is 28.6. The number of phenols is 4. The van der Waals surface area contributed by atoms with Gasteiger partial charge in [-0.2, -0.15) is 0 Å². The van der Waals surface area contributed by atoms with Gasteiger partial charge in [0.25, 0.3) is 0 Å². The summed E-state index contributed by atoms with van der Waals surface area (Å²) in [6.07, 6.45) is 34.1. The molecule has 139 heavy (non-hydrogen) atoms. The second-order valence-corrected chi connectivity index (χ2v) is 57.6. The molecule has 0 atom stereocenters. The molecule has 0 bridgehead atoms. The fraction of sp³-hybridized carbons (Fsp3) is 0.358. The summed E-state index contributed by atoms with van der Waals surface area (Å²) in [5.41, 5.74) is 37.2. The molecule has 4 N–H and O–H groups in total. The molecule has 10 nitrogen and oxygen atoms in total. The summed E-state index contributed by atoms with van der Waals surface area (Å²) in [6, 6.07) is 73.5. The molecule has 0 aromatic heterocycles. The molecule has 0 radical (unpaired) electrons. The Bertz CT molecular complexity index is 5980. The molecule has 0 saturated heterocycles. The fourth-order valence-corrected chi connectivity index (χ4v) is 22.5. The topological polar surface area (TPSA) is 170 Å². The molecule has 19 heteroatoms. The van der Waals surface area contributed by atoms with E-state index in [0.29, 0.717) is 45.0 Å². The molecular weight excluding hydrogens is 2230 g/mol. The summed E-state index contributed by atoms with van der Waals surface area (Å²) in [5, 5.41) is 55.7. The van der Waals surface area contributed by atoms with E-state index in [1.54, 1.807) is 0 Å². The van der Waals surface area contributed by atoms with E-state index in [1.165, 1.54) is 174 Å². The Kier molecular flexibility index (Phi) is 44.5. The molecule has 722 valence electrons. The summed E-state index contributed by atoms with van der Waals surface area (Å²) in [6.45, 7) is 32.1. The number of carbonyl (C=O) groups excluding carboxylic acids is 1. The summed E-state index contributed by atoms with van der Waals surface area (Å²) >= 11 is -0.556. The second kappa shape index (κ2) is 53.4. The van der Waals surface area contributed by atoms with Crippen LogP contribution in [0.4, 0.5) is 22.7 Å². The van der Waals surface area contributed by atoms with Crippen LogP contribution in [0.3, 0.4) is 0 Å². The quantitative estimate of drug-likeness (QED) is 0.0231. The van der Waals surface area contributed by atoms with Crippen LogP contribution < -0.4 is 34.7 Å². The third-order valence-corrected chi connectivity index (χ3v) is 28.6. The number of nitrogens with zero attached hydrogens (tertiary/aromatic N) is 4. The number of aliphatic carboxylic acids is 1. The average Bonchev–Trinajstić information content (AvgIpc) is 1.58. The number of halogens is 4. The van der Waals surface area contributed by atoms with Gasteiger partial charge >= 0.3 is 142 Å². The minimum Gasteiger partial charge on any atom is 0 e. The number of carboxylic acid groups (broad SMARTS) is 1. The molecule has 12 aromatic carbocycles. The molecule has 0 unspecified atom stereocenters.